The Morgan fingerprint density at radius 3 is 2.73 bits per heavy atom. The summed E-state index contributed by atoms with van der Waals surface area (Å²) in [7, 11) is -3.37. The van der Waals surface area contributed by atoms with Crippen molar-refractivity contribution in [2.24, 2.45) is 17.8 Å². The van der Waals surface area contributed by atoms with Crippen molar-refractivity contribution in [2.45, 2.75) is 18.6 Å². The summed E-state index contributed by atoms with van der Waals surface area (Å²) < 4.78 is 27.4. The van der Waals surface area contributed by atoms with Crippen LogP contribution in [0, 0.1) is 36.0 Å². The largest absolute Gasteiger partial charge is 0.269 e. The second kappa shape index (κ2) is 4.50. The second-order valence-corrected chi connectivity index (χ2v) is 8.73. The molecule has 1 aromatic rings. The van der Waals surface area contributed by atoms with Gasteiger partial charge in [-0.25, -0.2) is 8.42 Å². The maximum absolute atomic E-state index is 13.0. The molecule has 4 rings (SSSR count). The highest BCUT2D eigenvalue weighted by molar-refractivity contribution is 7.93. The molecule has 3 aliphatic rings. The van der Waals surface area contributed by atoms with Crippen molar-refractivity contribution in [3.63, 3.8) is 0 Å². The number of hydrogen-bond acceptors (Lipinski definition) is 3. The number of hydrogen-bond donors (Lipinski definition) is 0. The quantitative estimate of drug-likeness (QED) is 0.742. The first-order valence-electron chi connectivity index (χ1n) is 7.34. The second-order valence-electron chi connectivity index (χ2n) is 6.34. The summed E-state index contributed by atoms with van der Waals surface area (Å²) in [6.07, 6.45) is 5.20. The van der Waals surface area contributed by atoms with Crippen LogP contribution in [-0.2, 0) is 10.0 Å². The normalized spacial score (nSPS) is 34.0. The van der Waals surface area contributed by atoms with Crippen molar-refractivity contribution < 1.29 is 8.42 Å². The number of rotatable bonds is 1. The van der Waals surface area contributed by atoms with Gasteiger partial charge in [-0.3, -0.25) is 4.31 Å². The molecule has 22 heavy (non-hydrogen) atoms. The average molecular weight is 335 g/mol. The van der Waals surface area contributed by atoms with E-state index in [0.717, 1.165) is 6.42 Å². The van der Waals surface area contributed by atoms with Crippen LogP contribution in [0.1, 0.15) is 17.5 Å². The summed E-state index contributed by atoms with van der Waals surface area (Å²) >= 11 is 6.20. The van der Waals surface area contributed by atoms with Gasteiger partial charge in [-0.1, -0.05) is 23.8 Å². The van der Waals surface area contributed by atoms with Crippen molar-refractivity contribution in [2.75, 3.05) is 10.8 Å². The fourth-order valence-corrected chi connectivity index (χ4v) is 6.99. The van der Waals surface area contributed by atoms with Crippen LogP contribution in [0.3, 0.4) is 0 Å². The van der Waals surface area contributed by atoms with Gasteiger partial charge in [-0.2, -0.15) is 5.26 Å². The van der Waals surface area contributed by atoms with Crippen LogP contribution in [0.4, 0.5) is 5.69 Å². The number of nitrogens with zero attached hydrogens (tertiary/aromatic N) is 2. The minimum Gasteiger partial charge on any atom is -0.269 e. The standard InChI is InChI=1S/C16H15ClN2O2S/c1-9-14(5-4-12(7-18)15(9)17)19-8-13-10-2-3-11(6-10)16(13)22(19,20)21/h2-5,10-11,13,16H,6,8H2,1H3/t10-,11+,13?,16?/m0/s1. The van der Waals surface area contributed by atoms with E-state index in [-0.39, 0.29) is 17.1 Å². The van der Waals surface area contributed by atoms with Crippen LogP contribution in [0.5, 0.6) is 0 Å². The third-order valence-electron chi connectivity index (χ3n) is 5.32. The molecule has 0 aromatic heterocycles. The Balaban J connectivity index is 1.80. The van der Waals surface area contributed by atoms with Gasteiger partial charge in [0.2, 0.25) is 10.0 Å². The maximum Gasteiger partial charge on any atom is 0.239 e. The third-order valence-corrected chi connectivity index (χ3v) is 8.15. The Bertz CT molecular complexity index is 840. The molecule has 4 nitrogen and oxygen atoms in total. The van der Waals surface area contributed by atoms with Crippen molar-refractivity contribution in [3.05, 3.63) is 40.4 Å². The Kier molecular flexibility index (Phi) is 2.88. The molecule has 2 fully saturated rings. The topological polar surface area (TPSA) is 61.2 Å². The molecule has 1 aliphatic heterocycles. The van der Waals surface area contributed by atoms with E-state index in [4.69, 9.17) is 16.9 Å². The van der Waals surface area contributed by atoms with Crippen LogP contribution in [0.15, 0.2) is 24.3 Å². The van der Waals surface area contributed by atoms with Crippen molar-refractivity contribution in [1.29, 1.82) is 5.26 Å². The van der Waals surface area contributed by atoms with Crippen LogP contribution in [-0.4, -0.2) is 20.2 Å². The maximum atomic E-state index is 13.0. The molecule has 2 bridgehead atoms. The first kappa shape index (κ1) is 14.1. The predicted molar refractivity (Wildman–Crippen MR) is 85.2 cm³/mol. The number of anilines is 1. The third kappa shape index (κ3) is 1.65. The SMILES string of the molecule is Cc1c(N2CC3C([C@@H]4C=C[C@H]3C4)S2(=O)=O)ccc(C#N)c1Cl. The van der Waals surface area contributed by atoms with Crippen LogP contribution in [0.2, 0.25) is 5.02 Å². The fourth-order valence-electron chi connectivity index (χ4n) is 4.27. The molecule has 4 atom stereocenters. The number of sulfonamides is 1. The van der Waals surface area contributed by atoms with Crippen LogP contribution < -0.4 is 4.31 Å². The molecule has 0 spiro atoms. The van der Waals surface area contributed by atoms with E-state index in [9.17, 15) is 8.42 Å². The van der Waals surface area contributed by atoms with E-state index < -0.39 is 10.0 Å². The summed E-state index contributed by atoms with van der Waals surface area (Å²) in [6, 6.07) is 5.33. The summed E-state index contributed by atoms with van der Waals surface area (Å²) in [5.41, 5.74) is 1.64. The zero-order valence-electron chi connectivity index (χ0n) is 12.0. The minimum absolute atomic E-state index is 0.152. The summed E-state index contributed by atoms with van der Waals surface area (Å²) in [4.78, 5) is 0. The van der Waals surface area contributed by atoms with E-state index in [1.807, 2.05) is 6.07 Å². The highest BCUT2D eigenvalue weighted by atomic mass is 35.5. The highest BCUT2D eigenvalue weighted by Gasteiger charge is 2.58. The molecule has 1 saturated heterocycles. The number of fused-ring (bicyclic) bond motifs is 5. The minimum atomic E-state index is -3.37. The van der Waals surface area contributed by atoms with Gasteiger partial charge in [0.1, 0.15) is 6.07 Å². The van der Waals surface area contributed by atoms with E-state index in [2.05, 4.69) is 12.2 Å². The molecular formula is C16H15ClN2O2S. The lowest BCUT2D eigenvalue weighted by atomic mass is 9.93. The smallest absolute Gasteiger partial charge is 0.239 e. The van der Waals surface area contributed by atoms with E-state index in [1.54, 1.807) is 19.1 Å². The van der Waals surface area contributed by atoms with Crippen molar-refractivity contribution in [3.8, 4) is 6.07 Å². The first-order chi connectivity index (χ1) is 10.4. The van der Waals surface area contributed by atoms with E-state index >= 15 is 0 Å². The monoisotopic (exact) mass is 334 g/mol. The average Bonchev–Trinajstić information content (AvgIpc) is 3.14. The van der Waals surface area contributed by atoms with Crippen LogP contribution >= 0.6 is 11.6 Å². The molecule has 1 heterocycles. The van der Waals surface area contributed by atoms with Gasteiger partial charge in [-0.05, 0) is 42.9 Å². The molecule has 1 aromatic carbocycles. The summed E-state index contributed by atoms with van der Waals surface area (Å²) in [5.74, 6) is 0.705. The van der Waals surface area contributed by atoms with Gasteiger partial charge < -0.3 is 0 Å². The summed E-state index contributed by atoms with van der Waals surface area (Å²) in [6.45, 7) is 2.29. The van der Waals surface area contributed by atoms with Gasteiger partial charge in [-0.15, -0.1) is 0 Å². The lowest BCUT2D eigenvalue weighted by Crippen LogP contribution is -2.32. The van der Waals surface area contributed by atoms with E-state index in [1.165, 1.54) is 4.31 Å². The molecule has 0 N–H and O–H groups in total. The molecule has 0 amide bonds. The molecule has 1 saturated carbocycles. The molecular weight excluding hydrogens is 320 g/mol. The lowest BCUT2D eigenvalue weighted by molar-refractivity contribution is 0.485. The van der Waals surface area contributed by atoms with Gasteiger partial charge in [0.25, 0.3) is 0 Å². The number of nitriles is 1. The van der Waals surface area contributed by atoms with Crippen LogP contribution in [0.25, 0.3) is 0 Å². The molecule has 2 aliphatic carbocycles. The number of benzene rings is 1. The van der Waals surface area contributed by atoms with E-state index in [0.29, 0.717) is 34.3 Å². The highest BCUT2D eigenvalue weighted by Crippen LogP contribution is 2.53. The number of halogens is 1. The molecule has 0 radical (unpaired) electrons. The Hall–Kier alpha value is -1.51. The fraction of sp³-hybridized carbons (Fsp3) is 0.438. The molecule has 6 heteroatoms. The lowest BCUT2D eigenvalue weighted by Gasteiger charge is -2.23. The van der Waals surface area contributed by atoms with Gasteiger partial charge >= 0.3 is 0 Å². The van der Waals surface area contributed by atoms with Gasteiger partial charge in [0, 0.05) is 12.5 Å². The van der Waals surface area contributed by atoms with Crippen molar-refractivity contribution >= 4 is 27.3 Å². The predicted octanol–water partition coefficient (Wildman–Crippen LogP) is 2.86. The van der Waals surface area contributed by atoms with Crippen molar-refractivity contribution in [1.82, 2.24) is 0 Å². The molecule has 114 valence electrons. The van der Waals surface area contributed by atoms with Gasteiger partial charge in [0.05, 0.1) is 21.5 Å². The molecule has 2 unspecified atom stereocenters. The Morgan fingerprint density at radius 2 is 2.05 bits per heavy atom. The first-order valence-corrected chi connectivity index (χ1v) is 9.22. The zero-order valence-corrected chi connectivity index (χ0v) is 13.6. The number of allylic oxidation sites excluding steroid dienone is 2. The Labute approximate surface area is 135 Å². The summed E-state index contributed by atoms with van der Waals surface area (Å²) in [5, 5.41) is 9.08. The van der Waals surface area contributed by atoms with Gasteiger partial charge in [0.15, 0.2) is 0 Å². The zero-order chi connectivity index (χ0) is 15.6. The Morgan fingerprint density at radius 1 is 1.32 bits per heavy atom.